The molecule has 0 saturated carbocycles. The van der Waals surface area contributed by atoms with Crippen molar-refractivity contribution in [3.63, 3.8) is 0 Å². The van der Waals surface area contributed by atoms with Crippen LogP contribution >= 0.6 is 0 Å². The molecule has 0 aliphatic carbocycles. The largest absolute Gasteiger partial charge is 0.489 e. The topological polar surface area (TPSA) is 59.1 Å². The van der Waals surface area contributed by atoms with Crippen LogP contribution in [0.2, 0.25) is 0 Å². The number of rotatable bonds is 7. The number of anilines is 2. The van der Waals surface area contributed by atoms with Gasteiger partial charge in [-0.15, -0.1) is 0 Å². The molecule has 0 radical (unpaired) electrons. The van der Waals surface area contributed by atoms with Gasteiger partial charge in [0.15, 0.2) is 0 Å². The Balaban J connectivity index is 1.88. The van der Waals surface area contributed by atoms with E-state index in [0.717, 1.165) is 5.56 Å². The first-order valence-corrected chi connectivity index (χ1v) is 11.8. The van der Waals surface area contributed by atoms with E-state index in [1.54, 1.807) is 42.5 Å². The van der Waals surface area contributed by atoms with Crippen LogP contribution in [0.3, 0.4) is 0 Å². The van der Waals surface area contributed by atoms with Crippen molar-refractivity contribution < 1.29 is 17.9 Å². The summed E-state index contributed by atoms with van der Waals surface area (Å²) in [5.41, 5.74) is 1.97. The lowest BCUT2D eigenvalue weighted by atomic mass is 9.87. The maximum atomic E-state index is 13.8. The Morgan fingerprint density at radius 3 is 2.16 bits per heavy atom. The Bertz CT molecular complexity index is 1140. The normalized spacial score (nSPS) is 16.0. The summed E-state index contributed by atoms with van der Waals surface area (Å²) in [7, 11) is -3.88. The fourth-order valence-corrected chi connectivity index (χ4v) is 4.80. The molecule has 31 heavy (non-hydrogen) atoms. The quantitative estimate of drug-likeness (QED) is 0.471. The van der Waals surface area contributed by atoms with E-state index in [1.807, 2.05) is 36.4 Å². The van der Waals surface area contributed by atoms with Crippen molar-refractivity contribution in [3.05, 3.63) is 84.4 Å². The van der Waals surface area contributed by atoms with E-state index >= 15 is 0 Å². The second-order valence-corrected chi connectivity index (χ2v) is 10.4. The van der Waals surface area contributed by atoms with Crippen molar-refractivity contribution in [2.75, 3.05) is 17.5 Å². The van der Waals surface area contributed by atoms with Gasteiger partial charge in [0.2, 0.25) is 0 Å². The Kier molecular flexibility index (Phi) is 5.77. The summed E-state index contributed by atoms with van der Waals surface area (Å²) in [6, 6.07) is 23.3. The van der Waals surface area contributed by atoms with Gasteiger partial charge in [0.05, 0.1) is 22.9 Å². The van der Waals surface area contributed by atoms with Gasteiger partial charge in [0.1, 0.15) is 18.5 Å². The van der Waals surface area contributed by atoms with Crippen LogP contribution in [0, 0.1) is 0 Å². The Morgan fingerprint density at radius 1 is 0.968 bits per heavy atom. The molecule has 162 valence electrons. The van der Waals surface area contributed by atoms with Crippen molar-refractivity contribution in [3.8, 4) is 5.75 Å². The van der Waals surface area contributed by atoms with Gasteiger partial charge in [0, 0.05) is 0 Å². The monoisotopic (exact) mass is 437 g/mol. The molecule has 1 heterocycles. The molecule has 1 fully saturated rings. The SMILES string of the molecule is CC(C)(C)c1ccc(N(c2ccccc2)S(=O)(=O)c2ccccc2)c(OCC2CO2)c1. The van der Waals surface area contributed by atoms with Crippen LogP contribution in [-0.4, -0.2) is 27.7 Å². The highest BCUT2D eigenvalue weighted by atomic mass is 32.2. The lowest BCUT2D eigenvalue weighted by Crippen LogP contribution is -2.27. The second-order valence-electron chi connectivity index (χ2n) is 8.62. The predicted molar refractivity (Wildman–Crippen MR) is 123 cm³/mol. The molecule has 1 saturated heterocycles. The number of benzene rings is 3. The summed E-state index contributed by atoms with van der Waals surface area (Å²) in [6.07, 6.45) is 0.0575. The van der Waals surface area contributed by atoms with Crippen LogP contribution in [0.4, 0.5) is 11.4 Å². The van der Waals surface area contributed by atoms with E-state index in [4.69, 9.17) is 9.47 Å². The Morgan fingerprint density at radius 2 is 1.58 bits per heavy atom. The minimum absolute atomic E-state index is 0.0575. The molecule has 1 aliphatic heterocycles. The summed E-state index contributed by atoms with van der Waals surface area (Å²) < 4.78 is 40.3. The fraction of sp³-hybridized carbons (Fsp3) is 0.280. The van der Waals surface area contributed by atoms with Crippen LogP contribution in [-0.2, 0) is 20.2 Å². The lowest BCUT2D eigenvalue weighted by molar-refractivity contribution is 0.263. The molecule has 6 heteroatoms. The van der Waals surface area contributed by atoms with Gasteiger partial charge < -0.3 is 9.47 Å². The lowest BCUT2D eigenvalue weighted by Gasteiger charge is -2.28. The third-order valence-corrected chi connectivity index (χ3v) is 6.90. The van der Waals surface area contributed by atoms with Crippen molar-refractivity contribution in [2.45, 2.75) is 37.2 Å². The van der Waals surface area contributed by atoms with Crippen molar-refractivity contribution in [2.24, 2.45) is 0 Å². The molecule has 0 N–H and O–H groups in total. The molecule has 0 spiro atoms. The van der Waals surface area contributed by atoms with Crippen molar-refractivity contribution in [1.82, 2.24) is 0 Å². The first-order chi connectivity index (χ1) is 14.8. The number of hydrogen-bond acceptors (Lipinski definition) is 4. The molecule has 1 unspecified atom stereocenters. The smallest absolute Gasteiger partial charge is 0.268 e. The average Bonchev–Trinajstić information content (AvgIpc) is 3.58. The van der Waals surface area contributed by atoms with Gasteiger partial charge in [0.25, 0.3) is 10.0 Å². The van der Waals surface area contributed by atoms with E-state index in [-0.39, 0.29) is 16.4 Å². The fourth-order valence-electron chi connectivity index (χ4n) is 3.28. The third kappa shape index (κ3) is 4.75. The summed E-state index contributed by atoms with van der Waals surface area (Å²) in [6.45, 7) is 7.40. The number of hydrogen-bond donors (Lipinski definition) is 0. The highest BCUT2D eigenvalue weighted by molar-refractivity contribution is 7.93. The first kappa shape index (κ1) is 21.4. The number of nitrogens with zero attached hydrogens (tertiary/aromatic N) is 1. The first-order valence-electron chi connectivity index (χ1n) is 10.3. The molecule has 0 aromatic heterocycles. The summed E-state index contributed by atoms with van der Waals surface area (Å²) >= 11 is 0. The summed E-state index contributed by atoms with van der Waals surface area (Å²) in [4.78, 5) is 0.218. The molecule has 3 aromatic rings. The van der Waals surface area contributed by atoms with Crippen molar-refractivity contribution in [1.29, 1.82) is 0 Å². The molecular formula is C25H27NO4S. The zero-order valence-electron chi connectivity index (χ0n) is 18.0. The van der Waals surface area contributed by atoms with E-state index in [0.29, 0.717) is 30.3 Å². The highest BCUT2D eigenvalue weighted by Gasteiger charge is 2.31. The Hall–Kier alpha value is -2.83. The standard InChI is InChI=1S/C25H27NO4S/c1-25(2,3)19-14-15-23(24(16-19)30-18-21-17-29-21)26(20-10-6-4-7-11-20)31(27,28)22-12-8-5-9-13-22/h4-16,21H,17-18H2,1-3H3. The molecule has 1 aliphatic rings. The van der Waals surface area contributed by atoms with Crippen LogP contribution in [0.15, 0.2) is 83.8 Å². The van der Waals surface area contributed by atoms with Crippen LogP contribution in [0.5, 0.6) is 5.75 Å². The second kappa shape index (κ2) is 8.36. The van der Waals surface area contributed by atoms with Gasteiger partial charge in [-0.1, -0.05) is 63.2 Å². The molecule has 3 aromatic carbocycles. The molecule has 4 rings (SSSR count). The molecule has 0 bridgehead atoms. The number of sulfonamides is 1. The van der Waals surface area contributed by atoms with Crippen LogP contribution in [0.25, 0.3) is 0 Å². The number of para-hydroxylation sites is 1. The summed E-state index contributed by atoms with van der Waals surface area (Å²) in [5.74, 6) is 0.520. The molecular weight excluding hydrogens is 410 g/mol. The zero-order chi connectivity index (χ0) is 22.1. The minimum atomic E-state index is -3.88. The molecule has 1 atom stereocenters. The minimum Gasteiger partial charge on any atom is -0.489 e. The predicted octanol–water partition coefficient (Wildman–Crippen LogP) is 5.29. The Labute approximate surface area is 184 Å². The van der Waals surface area contributed by atoms with Crippen LogP contribution < -0.4 is 9.04 Å². The van der Waals surface area contributed by atoms with Crippen molar-refractivity contribution >= 4 is 21.4 Å². The maximum Gasteiger partial charge on any atom is 0.268 e. The summed E-state index contributed by atoms with van der Waals surface area (Å²) in [5, 5.41) is 0. The van der Waals surface area contributed by atoms with E-state index in [9.17, 15) is 8.42 Å². The van der Waals surface area contributed by atoms with E-state index in [2.05, 4.69) is 20.8 Å². The third-order valence-electron chi connectivity index (χ3n) is 5.14. The van der Waals surface area contributed by atoms with E-state index < -0.39 is 10.0 Å². The van der Waals surface area contributed by atoms with Gasteiger partial charge in [-0.25, -0.2) is 12.7 Å². The molecule has 0 amide bonds. The zero-order valence-corrected chi connectivity index (χ0v) is 18.8. The van der Waals surface area contributed by atoms with Gasteiger partial charge in [-0.05, 0) is 47.4 Å². The van der Waals surface area contributed by atoms with Gasteiger partial charge in [-0.3, -0.25) is 0 Å². The van der Waals surface area contributed by atoms with Gasteiger partial charge in [-0.2, -0.15) is 0 Å². The number of ether oxygens (including phenoxy) is 2. The molecule has 5 nitrogen and oxygen atoms in total. The van der Waals surface area contributed by atoms with Crippen LogP contribution in [0.1, 0.15) is 26.3 Å². The number of epoxide rings is 1. The maximum absolute atomic E-state index is 13.8. The van der Waals surface area contributed by atoms with Gasteiger partial charge >= 0.3 is 0 Å². The highest BCUT2D eigenvalue weighted by Crippen LogP contribution is 2.41. The van der Waals surface area contributed by atoms with E-state index in [1.165, 1.54) is 4.31 Å². The average molecular weight is 438 g/mol.